The Hall–Kier alpha value is -1.70. The molecule has 2 N–H and O–H groups in total. The molecule has 0 saturated carbocycles. The lowest BCUT2D eigenvalue weighted by molar-refractivity contribution is -0.122. The monoisotopic (exact) mass is 460 g/mol. The first-order valence-electron chi connectivity index (χ1n) is 9.95. The van der Waals surface area contributed by atoms with Crippen LogP contribution in [0, 0.1) is 0 Å². The number of rotatable bonds is 7. The molecule has 2 rings (SSSR count). The molecule has 7 nitrogen and oxygen atoms in total. The molecule has 0 spiro atoms. The fraction of sp³-hybridized carbons (Fsp3) is 0.619. The van der Waals surface area contributed by atoms with Gasteiger partial charge in [-0.1, -0.05) is 23.2 Å². The van der Waals surface area contributed by atoms with E-state index in [0.717, 1.165) is 0 Å². The number of aliphatic hydroxyl groups excluding tert-OH is 1. The number of hydrogen-bond acceptors (Lipinski definition) is 5. The summed E-state index contributed by atoms with van der Waals surface area (Å²) in [4.78, 5) is 26.5. The summed E-state index contributed by atoms with van der Waals surface area (Å²) in [6.07, 6.45) is 0.711. The van der Waals surface area contributed by atoms with Crippen LogP contribution in [-0.4, -0.2) is 60.5 Å². The van der Waals surface area contributed by atoms with E-state index in [4.69, 9.17) is 32.7 Å². The standard InChI is InChI=1S/C21H30Cl2N2O5/c1-21(2,3)30-20(28)25-9-7-14(12-25)24-17(27)11-13(8-10-26)18-16(29-4)6-5-15(22)19(18)23/h5-6,13-14,26H,7-12H2,1-4H3,(H,24,27). The molecule has 9 heteroatoms. The van der Waals surface area contributed by atoms with Gasteiger partial charge in [-0.05, 0) is 51.7 Å². The lowest BCUT2D eigenvalue weighted by Gasteiger charge is -2.24. The third-order valence-corrected chi connectivity index (χ3v) is 5.65. The number of carbonyl (C=O) groups is 2. The zero-order chi connectivity index (χ0) is 22.5. The van der Waals surface area contributed by atoms with E-state index in [-0.39, 0.29) is 37.0 Å². The first kappa shape index (κ1) is 24.6. The minimum atomic E-state index is -0.564. The summed E-state index contributed by atoms with van der Waals surface area (Å²) in [7, 11) is 1.52. The maximum Gasteiger partial charge on any atom is 0.410 e. The Morgan fingerprint density at radius 2 is 2.03 bits per heavy atom. The van der Waals surface area contributed by atoms with Crippen LogP contribution in [0.3, 0.4) is 0 Å². The molecule has 1 heterocycles. The molecule has 1 aromatic carbocycles. The summed E-state index contributed by atoms with van der Waals surface area (Å²) in [5, 5.41) is 13.2. The average molecular weight is 461 g/mol. The summed E-state index contributed by atoms with van der Waals surface area (Å²) in [6.45, 7) is 6.25. The van der Waals surface area contributed by atoms with E-state index in [1.807, 2.05) is 20.8 Å². The highest BCUT2D eigenvalue weighted by molar-refractivity contribution is 6.42. The maximum atomic E-state index is 12.7. The van der Waals surface area contributed by atoms with Crippen LogP contribution in [0.4, 0.5) is 4.79 Å². The van der Waals surface area contributed by atoms with Crippen molar-refractivity contribution in [1.29, 1.82) is 0 Å². The minimum absolute atomic E-state index is 0.111. The Bertz CT molecular complexity index is 766. The van der Waals surface area contributed by atoms with Gasteiger partial charge in [0.05, 0.1) is 17.2 Å². The molecule has 0 radical (unpaired) electrons. The van der Waals surface area contributed by atoms with E-state index in [1.54, 1.807) is 17.0 Å². The van der Waals surface area contributed by atoms with Gasteiger partial charge in [-0.25, -0.2) is 4.79 Å². The van der Waals surface area contributed by atoms with E-state index in [1.165, 1.54) is 7.11 Å². The average Bonchev–Trinajstić information content (AvgIpc) is 3.10. The van der Waals surface area contributed by atoms with Gasteiger partial charge in [-0.3, -0.25) is 4.79 Å². The number of methoxy groups -OCH3 is 1. The largest absolute Gasteiger partial charge is 0.496 e. The number of benzene rings is 1. The van der Waals surface area contributed by atoms with Gasteiger partial charge < -0.3 is 24.8 Å². The van der Waals surface area contributed by atoms with Crippen molar-refractivity contribution >= 4 is 35.2 Å². The number of hydrogen-bond donors (Lipinski definition) is 2. The van der Waals surface area contributed by atoms with Crippen molar-refractivity contribution in [3.63, 3.8) is 0 Å². The number of halogens is 2. The second kappa shape index (κ2) is 10.6. The van der Waals surface area contributed by atoms with Crippen molar-refractivity contribution in [3.05, 3.63) is 27.7 Å². The second-order valence-electron chi connectivity index (χ2n) is 8.37. The summed E-state index contributed by atoms with van der Waals surface area (Å²) in [5.41, 5.74) is 0.0447. The quantitative estimate of drug-likeness (QED) is 0.642. The molecule has 2 amide bonds. The smallest absolute Gasteiger partial charge is 0.410 e. The molecule has 2 atom stereocenters. The molecule has 0 aliphatic carbocycles. The first-order valence-corrected chi connectivity index (χ1v) is 10.7. The molecule has 2 unspecified atom stereocenters. The van der Waals surface area contributed by atoms with Crippen LogP contribution in [0.5, 0.6) is 5.75 Å². The van der Waals surface area contributed by atoms with Crippen molar-refractivity contribution in [1.82, 2.24) is 10.2 Å². The Labute approximate surface area is 187 Å². The van der Waals surface area contributed by atoms with E-state index in [0.29, 0.717) is 47.3 Å². The van der Waals surface area contributed by atoms with Crippen LogP contribution in [0.15, 0.2) is 12.1 Å². The Kier molecular flexibility index (Phi) is 8.64. The highest BCUT2D eigenvalue weighted by Gasteiger charge is 2.31. The SMILES string of the molecule is COc1ccc(Cl)c(Cl)c1C(CCO)CC(=O)NC1CCN(C(=O)OC(C)(C)C)C1. The number of amides is 2. The van der Waals surface area contributed by atoms with Crippen LogP contribution >= 0.6 is 23.2 Å². The molecule has 0 aromatic heterocycles. The summed E-state index contributed by atoms with van der Waals surface area (Å²) in [5.74, 6) is -0.0327. The third kappa shape index (κ3) is 6.65. The zero-order valence-corrected chi connectivity index (χ0v) is 19.3. The van der Waals surface area contributed by atoms with E-state index >= 15 is 0 Å². The van der Waals surface area contributed by atoms with Gasteiger partial charge >= 0.3 is 6.09 Å². The van der Waals surface area contributed by atoms with E-state index in [9.17, 15) is 14.7 Å². The molecule has 1 aliphatic heterocycles. The molecule has 1 saturated heterocycles. The van der Waals surface area contributed by atoms with Crippen molar-refractivity contribution in [2.45, 2.75) is 57.6 Å². The molecular formula is C21H30Cl2N2O5. The van der Waals surface area contributed by atoms with Gasteiger partial charge in [-0.2, -0.15) is 0 Å². The van der Waals surface area contributed by atoms with Gasteiger partial charge in [0.1, 0.15) is 11.4 Å². The number of ether oxygens (including phenoxy) is 2. The Morgan fingerprint density at radius 1 is 1.33 bits per heavy atom. The van der Waals surface area contributed by atoms with Gasteiger partial charge in [0, 0.05) is 37.7 Å². The third-order valence-electron chi connectivity index (χ3n) is 4.84. The van der Waals surface area contributed by atoms with E-state index in [2.05, 4.69) is 5.32 Å². The van der Waals surface area contributed by atoms with Crippen molar-refractivity contribution in [2.75, 3.05) is 26.8 Å². The van der Waals surface area contributed by atoms with Gasteiger partial charge in [0.25, 0.3) is 0 Å². The van der Waals surface area contributed by atoms with Gasteiger partial charge in [0.2, 0.25) is 5.91 Å². The van der Waals surface area contributed by atoms with Crippen LogP contribution in [-0.2, 0) is 9.53 Å². The van der Waals surface area contributed by atoms with Crippen molar-refractivity contribution < 1.29 is 24.2 Å². The van der Waals surface area contributed by atoms with Crippen molar-refractivity contribution in [2.24, 2.45) is 0 Å². The number of nitrogens with zero attached hydrogens (tertiary/aromatic N) is 1. The highest BCUT2D eigenvalue weighted by Crippen LogP contribution is 2.40. The summed E-state index contributed by atoms with van der Waals surface area (Å²) >= 11 is 12.5. The Balaban J connectivity index is 2.02. The lowest BCUT2D eigenvalue weighted by Crippen LogP contribution is -2.40. The zero-order valence-electron chi connectivity index (χ0n) is 17.8. The fourth-order valence-electron chi connectivity index (χ4n) is 3.49. The van der Waals surface area contributed by atoms with Crippen LogP contribution in [0.2, 0.25) is 10.0 Å². The summed E-state index contributed by atoms with van der Waals surface area (Å²) in [6, 6.07) is 3.17. The van der Waals surface area contributed by atoms with Gasteiger partial charge in [0.15, 0.2) is 0 Å². The van der Waals surface area contributed by atoms with Gasteiger partial charge in [-0.15, -0.1) is 0 Å². The molecular weight excluding hydrogens is 431 g/mol. The highest BCUT2D eigenvalue weighted by atomic mass is 35.5. The topological polar surface area (TPSA) is 88.1 Å². The van der Waals surface area contributed by atoms with Crippen molar-refractivity contribution in [3.8, 4) is 5.75 Å². The molecule has 1 fully saturated rings. The number of aliphatic hydroxyl groups is 1. The molecule has 1 aromatic rings. The molecule has 1 aliphatic rings. The Morgan fingerprint density at radius 3 is 2.63 bits per heavy atom. The summed E-state index contributed by atoms with van der Waals surface area (Å²) < 4.78 is 10.8. The number of nitrogens with one attached hydrogen (secondary N) is 1. The molecule has 168 valence electrons. The minimum Gasteiger partial charge on any atom is -0.496 e. The lowest BCUT2D eigenvalue weighted by atomic mass is 9.91. The molecule has 0 bridgehead atoms. The number of likely N-dealkylation sites (tertiary alicyclic amines) is 1. The number of carbonyl (C=O) groups excluding carboxylic acids is 2. The van der Waals surface area contributed by atoms with Crippen LogP contribution in [0.25, 0.3) is 0 Å². The first-order chi connectivity index (χ1) is 14.1. The van der Waals surface area contributed by atoms with Crippen LogP contribution in [0.1, 0.15) is 51.5 Å². The predicted molar refractivity (Wildman–Crippen MR) is 116 cm³/mol. The molecule has 30 heavy (non-hydrogen) atoms. The second-order valence-corrected chi connectivity index (χ2v) is 9.16. The fourth-order valence-corrected chi connectivity index (χ4v) is 3.97. The van der Waals surface area contributed by atoms with E-state index < -0.39 is 5.60 Å². The van der Waals surface area contributed by atoms with Crippen LogP contribution < -0.4 is 10.1 Å². The maximum absolute atomic E-state index is 12.7. The predicted octanol–water partition coefficient (Wildman–Crippen LogP) is 3.98. The normalized spacial score (nSPS) is 17.6.